The lowest BCUT2D eigenvalue weighted by atomic mass is 10.1. The summed E-state index contributed by atoms with van der Waals surface area (Å²) in [5, 5.41) is 21.6. The van der Waals surface area contributed by atoms with Gasteiger partial charge < -0.3 is 10.0 Å². The molecule has 0 fully saturated rings. The summed E-state index contributed by atoms with van der Waals surface area (Å²) in [7, 11) is 0. The highest BCUT2D eigenvalue weighted by molar-refractivity contribution is 5.30. The molecule has 1 unspecified atom stereocenters. The molecule has 0 aliphatic heterocycles. The average molecular weight is 261 g/mol. The maximum absolute atomic E-state index is 9.23. The van der Waals surface area contributed by atoms with Crippen LogP contribution in [0.1, 0.15) is 31.9 Å². The summed E-state index contributed by atoms with van der Waals surface area (Å²) >= 11 is 0. The number of benzene rings is 1. The molecule has 104 valence electrons. The second-order valence-electron chi connectivity index (χ2n) is 4.49. The van der Waals surface area contributed by atoms with Gasteiger partial charge in [0.2, 0.25) is 0 Å². The third-order valence-corrected chi connectivity index (χ3v) is 3.25. The van der Waals surface area contributed by atoms with Crippen molar-refractivity contribution >= 4 is 0 Å². The molecule has 0 saturated heterocycles. The maximum atomic E-state index is 9.23. The molecular formula is C15H23N3O. The smallest absolute Gasteiger partial charge is 0.121 e. The van der Waals surface area contributed by atoms with Gasteiger partial charge in [-0.2, -0.15) is 5.26 Å². The van der Waals surface area contributed by atoms with Crippen molar-refractivity contribution < 1.29 is 5.11 Å². The number of hydrogen-bond acceptors (Lipinski definition) is 4. The van der Waals surface area contributed by atoms with Crippen LogP contribution in [0.3, 0.4) is 0 Å². The molecule has 0 saturated carbocycles. The summed E-state index contributed by atoms with van der Waals surface area (Å²) in [6.07, 6.45) is 1.03. The summed E-state index contributed by atoms with van der Waals surface area (Å²) in [6.45, 7) is 8.31. The van der Waals surface area contributed by atoms with Crippen LogP contribution in [0.2, 0.25) is 0 Å². The Bertz CT molecular complexity index is 393. The molecule has 1 aromatic carbocycles. The van der Waals surface area contributed by atoms with Crippen molar-refractivity contribution in [3.63, 3.8) is 0 Å². The van der Waals surface area contributed by atoms with E-state index in [0.29, 0.717) is 0 Å². The zero-order valence-electron chi connectivity index (χ0n) is 11.8. The molecule has 0 aliphatic rings. The van der Waals surface area contributed by atoms with Crippen LogP contribution >= 0.6 is 0 Å². The molecule has 0 bridgehead atoms. The standard InChI is InChI=1S/C15H23N3O/c1-3-18(4-2)11-5-10-17-15(12-16)13-6-8-14(19)9-7-13/h6-9,15,17,19H,3-5,10-11H2,1-2H3. The quantitative estimate of drug-likeness (QED) is 0.705. The first-order valence-electron chi connectivity index (χ1n) is 6.85. The summed E-state index contributed by atoms with van der Waals surface area (Å²) in [5.74, 6) is 0.224. The van der Waals surface area contributed by atoms with E-state index in [4.69, 9.17) is 5.26 Å². The second kappa shape index (κ2) is 8.52. The van der Waals surface area contributed by atoms with Gasteiger partial charge in [0.05, 0.1) is 6.07 Å². The van der Waals surface area contributed by atoms with Crippen molar-refractivity contribution in [2.24, 2.45) is 0 Å². The lowest BCUT2D eigenvalue weighted by Crippen LogP contribution is -2.28. The SMILES string of the molecule is CCN(CC)CCCNC(C#N)c1ccc(O)cc1. The van der Waals surface area contributed by atoms with Crippen molar-refractivity contribution in [2.45, 2.75) is 26.3 Å². The van der Waals surface area contributed by atoms with E-state index in [0.717, 1.165) is 38.2 Å². The Labute approximate surface area is 115 Å². The second-order valence-corrected chi connectivity index (χ2v) is 4.49. The van der Waals surface area contributed by atoms with E-state index in [9.17, 15) is 5.11 Å². The Balaban J connectivity index is 2.38. The van der Waals surface area contributed by atoms with Gasteiger partial charge in [0, 0.05) is 0 Å². The number of nitriles is 1. The molecule has 1 atom stereocenters. The monoisotopic (exact) mass is 261 g/mol. The van der Waals surface area contributed by atoms with Gasteiger partial charge >= 0.3 is 0 Å². The van der Waals surface area contributed by atoms with E-state index in [1.165, 1.54) is 0 Å². The molecule has 0 heterocycles. The van der Waals surface area contributed by atoms with Crippen molar-refractivity contribution in [1.29, 1.82) is 5.26 Å². The van der Waals surface area contributed by atoms with Crippen LogP contribution in [0, 0.1) is 11.3 Å². The maximum Gasteiger partial charge on any atom is 0.121 e. The number of nitrogens with zero attached hydrogens (tertiary/aromatic N) is 2. The summed E-state index contributed by atoms with van der Waals surface area (Å²) < 4.78 is 0. The van der Waals surface area contributed by atoms with E-state index in [-0.39, 0.29) is 11.8 Å². The molecule has 1 aromatic rings. The van der Waals surface area contributed by atoms with Gasteiger partial charge in [0.15, 0.2) is 0 Å². The molecular weight excluding hydrogens is 238 g/mol. The van der Waals surface area contributed by atoms with Crippen LogP contribution in [-0.4, -0.2) is 36.2 Å². The molecule has 0 radical (unpaired) electrons. The predicted molar refractivity (Wildman–Crippen MR) is 76.9 cm³/mol. The normalized spacial score (nSPS) is 12.3. The van der Waals surface area contributed by atoms with Crippen molar-refractivity contribution in [2.75, 3.05) is 26.2 Å². The van der Waals surface area contributed by atoms with Gasteiger partial charge in [0.25, 0.3) is 0 Å². The van der Waals surface area contributed by atoms with Gasteiger partial charge in [-0.05, 0) is 50.3 Å². The van der Waals surface area contributed by atoms with E-state index >= 15 is 0 Å². The molecule has 0 amide bonds. The minimum atomic E-state index is -0.308. The molecule has 0 spiro atoms. The minimum absolute atomic E-state index is 0.224. The first-order valence-corrected chi connectivity index (χ1v) is 6.85. The molecule has 0 aliphatic carbocycles. The summed E-state index contributed by atoms with van der Waals surface area (Å²) in [6, 6.07) is 8.71. The predicted octanol–water partition coefficient (Wildman–Crippen LogP) is 2.28. The van der Waals surface area contributed by atoms with Crippen LogP contribution in [0.5, 0.6) is 5.75 Å². The van der Waals surface area contributed by atoms with Gasteiger partial charge in [-0.3, -0.25) is 5.32 Å². The lowest BCUT2D eigenvalue weighted by molar-refractivity contribution is 0.297. The largest absolute Gasteiger partial charge is 0.508 e. The molecule has 2 N–H and O–H groups in total. The van der Waals surface area contributed by atoms with E-state index in [1.54, 1.807) is 24.3 Å². The molecule has 4 heteroatoms. The first kappa shape index (κ1) is 15.5. The van der Waals surface area contributed by atoms with Crippen molar-refractivity contribution in [3.05, 3.63) is 29.8 Å². The summed E-state index contributed by atoms with van der Waals surface area (Å²) in [5.41, 5.74) is 0.892. The van der Waals surface area contributed by atoms with Gasteiger partial charge in [-0.15, -0.1) is 0 Å². The average Bonchev–Trinajstić information content (AvgIpc) is 2.44. The fraction of sp³-hybridized carbons (Fsp3) is 0.533. The van der Waals surface area contributed by atoms with Crippen LogP contribution in [0.25, 0.3) is 0 Å². The number of hydrogen-bond donors (Lipinski definition) is 2. The fourth-order valence-electron chi connectivity index (χ4n) is 1.99. The Morgan fingerprint density at radius 3 is 2.42 bits per heavy atom. The highest BCUT2D eigenvalue weighted by Crippen LogP contribution is 2.16. The highest BCUT2D eigenvalue weighted by Gasteiger charge is 2.09. The molecule has 1 rings (SSSR count). The zero-order chi connectivity index (χ0) is 14.1. The van der Waals surface area contributed by atoms with Gasteiger partial charge in [0.1, 0.15) is 11.8 Å². The van der Waals surface area contributed by atoms with E-state index in [1.807, 2.05) is 0 Å². The first-order chi connectivity index (χ1) is 9.21. The highest BCUT2D eigenvalue weighted by atomic mass is 16.3. The number of phenolic OH excluding ortho intramolecular Hbond substituents is 1. The van der Waals surface area contributed by atoms with Crippen molar-refractivity contribution in [3.8, 4) is 11.8 Å². The Hall–Kier alpha value is -1.57. The number of phenols is 1. The fourth-order valence-corrected chi connectivity index (χ4v) is 1.99. The molecule has 4 nitrogen and oxygen atoms in total. The van der Waals surface area contributed by atoms with Crippen LogP contribution in [-0.2, 0) is 0 Å². The number of aromatic hydroxyl groups is 1. The molecule has 0 aromatic heterocycles. The Kier molecular flexibility index (Phi) is 6.94. The lowest BCUT2D eigenvalue weighted by Gasteiger charge is -2.18. The molecule has 19 heavy (non-hydrogen) atoms. The van der Waals surface area contributed by atoms with Crippen LogP contribution in [0.4, 0.5) is 0 Å². The topological polar surface area (TPSA) is 59.3 Å². The van der Waals surface area contributed by atoms with Crippen LogP contribution in [0.15, 0.2) is 24.3 Å². The zero-order valence-corrected chi connectivity index (χ0v) is 11.8. The third kappa shape index (κ3) is 5.29. The summed E-state index contributed by atoms with van der Waals surface area (Å²) in [4.78, 5) is 2.36. The van der Waals surface area contributed by atoms with Crippen LogP contribution < -0.4 is 5.32 Å². The van der Waals surface area contributed by atoms with E-state index in [2.05, 4.69) is 30.1 Å². The number of rotatable bonds is 8. The number of nitrogens with one attached hydrogen (secondary N) is 1. The minimum Gasteiger partial charge on any atom is -0.508 e. The van der Waals surface area contributed by atoms with Gasteiger partial charge in [-0.1, -0.05) is 26.0 Å². The van der Waals surface area contributed by atoms with E-state index < -0.39 is 0 Å². The third-order valence-electron chi connectivity index (χ3n) is 3.25. The Morgan fingerprint density at radius 2 is 1.89 bits per heavy atom. The van der Waals surface area contributed by atoms with Gasteiger partial charge in [-0.25, -0.2) is 0 Å². The Morgan fingerprint density at radius 1 is 1.26 bits per heavy atom. The van der Waals surface area contributed by atoms with Crippen molar-refractivity contribution in [1.82, 2.24) is 10.2 Å².